The Labute approximate surface area is 132 Å². The summed E-state index contributed by atoms with van der Waals surface area (Å²) in [6.45, 7) is 1.92. The number of rotatable bonds is 2. The molecule has 3 aliphatic heterocycles. The van der Waals surface area contributed by atoms with E-state index >= 15 is 0 Å². The van der Waals surface area contributed by atoms with Crippen LogP contribution >= 0.6 is 11.8 Å². The average molecular weight is 314 g/mol. The second-order valence-corrected chi connectivity index (χ2v) is 7.13. The summed E-state index contributed by atoms with van der Waals surface area (Å²) in [5.74, 6) is 1.82. The third kappa shape index (κ3) is 1.76. The van der Waals surface area contributed by atoms with E-state index in [0.29, 0.717) is 12.1 Å². The van der Waals surface area contributed by atoms with E-state index in [4.69, 9.17) is 4.98 Å². The number of piperazine rings is 1. The summed E-state index contributed by atoms with van der Waals surface area (Å²) < 4.78 is 13.0. The van der Waals surface area contributed by atoms with Crippen molar-refractivity contribution < 1.29 is 4.39 Å². The molecule has 2 fully saturated rings. The standard InChI is InChI=1S/C16H15FN4S/c17-10-1-3-11(4-2-10)20-8-14-13(20)9-21(14)16-18-7-15-12(19-16)5-6-22-15/h1-4,7,13-14H,5-6,8-9H2. The zero-order valence-corrected chi connectivity index (χ0v) is 12.8. The van der Waals surface area contributed by atoms with Crippen LogP contribution in [-0.4, -0.2) is 40.9 Å². The third-order valence-electron chi connectivity index (χ3n) is 4.84. The minimum atomic E-state index is -0.180. The molecule has 0 saturated carbocycles. The van der Waals surface area contributed by atoms with Crippen LogP contribution in [0.15, 0.2) is 35.4 Å². The molecule has 3 aliphatic rings. The van der Waals surface area contributed by atoms with Crippen molar-refractivity contribution in [3.63, 3.8) is 0 Å². The van der Waals surface area contributed by atoms with Gasteiger partial charge in [-0.15, -0.1) is 11.8 Å². The van der Waals surface area contributed by atoms with E-state index in [-0.39, 0.29) is 5.82 Å². The topological polar surface area (TPSA) is 32.3 Å². The van der Waals surface area contributed by atoms with Gasteiger partial charge in [0.15, 0.2) is 0 Å². The Morgan fingerprint density at radius 3 is 2.64 bits per heavy atom. The summed E-state index contributed by atoms with van der Waals surface area (Å²) in [7, 11) is 0. The fraction of sp³-hybridized carbons (Fsp3) is 0.375. The molecule has 4 nitrogen and oxygen atoms in total. The molecule has 2 unspecified atom stereocenters. The molecular formula is C16H15FN4S. The SMILES string of the molecule is Fc1ccc(N2CC3C2CN3c2ncc3c(n2)CCS3)cc1. The highest BCUT2D eigenvalue weighted by Crippen LogP contribution is 2.40. The lowest BCUT2D eigenvalue weighted by atomic mass is 9.85. The zero-order chi connectivity index (χ0) is 14.7. The normalized spacial score (nSPS) is 25.3. The van der Waals surface area contributed by atoms with Crippen LogP contribution < -0.4 is 9.80 Å². The van der Waals surface area contributed by atoms with Crippen LogP contribution in [0.5, 0.6) is 0 Å². The number of hydrogen-bond acceptors (Lipinski definition) is 5. The van der Waals surface area contributed by atoms with E-state index in [2.05, 4.69) is 14.8 Å². The van der Waals surface area contributed by atoms with Gasteiger partial charge in [0.05, 0.1) is 17.8 Å². The molecule has 2 aromatic rings. The summed E-state index contributed by atoms with van der Waals surface area (Å²) in [5, 5.41) is 0. The van der Waals surface area contributed by atoms with Gasteiger partial charge in [0, 0.05) is 42.0 Å². The first-order valence-electron chi connectivity index (χ1n) is 7.57. The molecular weight excluding hydrogens is 299 g/mol. The highest BCUT2D eigenvalue weighted by Gasteiger charge is 2.52. The molecule has 1 aromatic heterocycles. The largest absolute Gasteiger partial charge is 0.362 e. The van der Waals surface area contributed by atoms with E-state index in [1.165, 1.54) is 22.7 Å². The van der Waals surface area contributed by atoms with Gasteiger partial charge in [-0.05, 0) is 24.3 Å². The average Bonchev–Trinajstić information content (AvgIpc) is 2.98. The van der Waals surface area contributed by atoms with Crippen LogP contribution in [0.3, 0.4) is 0 Å². The number of anilines is 2. The molecule has 0 aliphatic carbocycles. The Bertz CT molecular complexity index is 735. The summed E-state index contributed by atoms with van der Waals surface area (Å²) in [6.07, 6.45) is 3.03. The number of thioether (sulfide) groups is 1. The summed E-state index contributed by atoms with van der Waals surface area (Å²) in [6, 6.07) is 7.78. The van der Waals surface area contributed by atoms with Crippen molar-refractivity contribution >= 4 is 23.4 Å². The Morgan fingerprint density at radius 1 is 1.09 bits per heavy atom. The molecule has 0 amide bonds. The second kappa shape index (κ2) is 4.59. The smallest absolute Gasteiger partial charge is 0.226 e. The van der Waals surface area contributed by atoms with E-state index in [9.17, 15) is 4.39 Å². The lowest BCUT2D eigenvalue weighted by Crippen LogP contribution is -2.79. The summed E-state index contributed by atoms with van der Waals surface area (Å²) >= 11 is 1.85. The van der Waals surface area contributed by atoms with Gasteiger partial charge in [0.25, 0.3) is 0 Å². The van der Waals surface area contributed by atoms with Crippen molar-refractivity contribution in [3.8, 4) is 0 Å². The third-order valence-corrected chi connectivity index (χ3v) is 5.90. The van der Waals surface area contributed by atoms with Crippen LogP contribution in [0.2, 0.25) is 0 Å². The molecule has 112 valence electrons. The van der Waals surface area contributed by atoms with E-state index in [1.807, 2.05) is 30.1 Å². The highest BCUT2D eigenvalue weighted by molar-refractivity contribution is 7.99. The number of halogens is 1. The molecule has 0 radical (unpaired) electrons. The number of benzene rings is 1. The lowest BCUT2D eigenvalue weighted by molar-refractivity contribution is 0.263. The molecule has 2 saturated heterocycles. The fourth-order valence-corrected chi connectivity index (χ4v) is 4.46. The predicted molar refractivity (Wildman–Crippen MR) is 85.1 cm³/mol. The van der Waals surface area contributed by atoms with Gasteiger partial charge in [-0.3, -0.25) is 0 Å². The molecule has 5 rings (SSSR count). The fourth-order valence-electron chi connectivity index (χ4n) is 3.50. The number of fused-ring (bicyclic) bond motifs is 2. The second-order valence-electron chi connectivity index (χ2n) is 6.00. The van der Waals surface area contributed by atoms with Crippen LogP contribution in [0.1, 0.15) is 5.69 Å². The van der Waals surface area contributed by atoms with Gasteiger partial charge in [-0.1, -0.05) is 0 Å². The van der Waals surface area contributed by atoms with Gasteiger partial charge >= 0.3 is 0 Å². The number of aryl methyl sites for hydroxylation is 1. The number of hydrogen-bond donors (Lipinski definition) is 0. The highest BCUT2D eigenvalue weighted by atomic mass is 32.2. The van der Waals surface area contributed by atoms with Gasteiger partial charge in [-0.25, -0.2) is 14.4 Å². The maximum absolute atomic E-state index is 13.0. The van der Waals surface area contributed by atoms with Gasteiger partial charge in [-0.2, -0.15) is 0 Å². The van der Waals surface area contributed by atoms with Crippen molar-refractivity contribution in [1.29, 1.82) is 0 Å². The molecule has 0 bridgehead atoms. The zero-order valence-electron chi connectivity index (χ0n) is 11.9. The van der Waals surface area contributed by atoms with Crippen molar-refractivity contribution in [2.24, 2.45) is 0 Å². The monoisotopic (exact) mass is 314 g/mol. The minimum Gasteiger partial charge on any atom is -0.362 e. The maximum atomic E-state index is 13.0. The van der Waals surface area contributed by atoms with Crippen LogP contribution in [0, 0.1) is 5.82 Å². The van der Waals surface area contributed by atoms with E-state index < -0.39 is 0 Å². The van der Waals surface area contributed by atoms with Crippen LogP contribution in [0.25, 0.3) is 0 Å². The molecule has 1 aromatic carbocycles. The molecule has 0 N–H and O–H groups in total. The van der Waals surface area contributed by atoms with E-state index in [1.54, 1.807) is 0 Å². The molecule has 6 heteroatoms. The lowest BCUT2D eigenvalue weighted by Gasteiger charge is -2.62. The molecule has 0 spiro atoms. The summed E-state index contributed by atoms with van der Waals surface area (Å²) in [5.41, 5.74) is 2.31. The first-order valence-corrected chi connectivity index (χ1v) is 8.56. The van der Waals surface area contributed by atoms with Gasteiger partial charge < -0.3 is 9.80 Å². The molecule has 4 heterocycles. The first kappa shape index (κ1) is 12.7. The summed E-state index contributed by atoms with van der Waals surface area (Å²) in [4.78, 5) is 15.1. The van der Waals surface area contributed by atoms with Crippen molar-refractivity contribution in [2.45, 2.75) is 23.4 Å². The molecule has 2 atom stereocenters. The van der Waals surface area contributed by atoms with Crippen molar-refractivity contribution in [1.82, 2.24) is 9.97 Å². The predicted octanol–water partition coefficient (Wildman–Crippen LogP) is 2.34. The van der Waals surface area contributed by atoms with Gasteiger partial charge in [0.1, 0.15) is 5.82 Å². The number of nitrogens with zero attached hydrogens (tertiary/aromatic N) is 4. The van der Waals surface area contributed by atoms with E-state index in [0.717, 1.165) is 36.9 Å². The quantitative estimate of drug-likeness (QED) is 0.849. The first-order chi connectivity index (χ1) is 10.8. The Hall–Kier alpha value is -1.82. The maximum Gasteiger partial charge on any atom is 0.226 e. The van der Waals surface area contributed by atoms with Crippen LogP contribution in [0.4, 0.5) is 16.0 Å². The van der Waals surface area contributed by atoms with Crippen LogP contribution in [-0.2, 0) is 6.42 Å². The minimum absolute atomic E-state index is 0.180. The van der Waals surface area contributed by atoms with Gasteiger partial charge in [0.2, 0.25) is 5.95 Å². The van der Waals surface area contributed by atoms with Crippen molar-refractivity contribution in [2.75, 3.05) is 28.6 Å². The Morgan fingerprint density at radius 2 is 1.86 bits per heavy atom. The van der Waals surface area contributed by atoms with Crippen molar-refractivity contribution in [3.05, 3.63) is 42.0 Å². The molecule has 22 heavy (non-hydrogen) atoms. The number of aromatic nitrogens is 2. The Balaban J connectivity index is 1.31. The Kier molecular flexibility index (Phi) is 2.65.